The van der Waals surface area contributed by atoms with E-state index in [0.717, 1.165) is 35.8 Å². The molecule has 0 amide bonds. The summed E-state index contributed by atoms with van der Waals surface area (Å²) in [6, 6.07) is 5.22. The lowest BCUT2D eigenvalue weighted by Crippen LogP contribution is -2.52. The third-order valence-corrected chi connectivity index (χ3v) is 4.51. The minimum absolute atomic E-state index is 0.168. The Morgan fingerprint density at radius 3 is 2.35 bits per heavy atom. The largest absolute Gasteiger partial charge is 0.377 e. The highest BCUT2D eigenvalue weighted by atomic mass is 79.9. The van der Waals surface area contributed by atoms with Gasteiger partial charge in [0.2, 0.25) is 0 Å². The van der Waals surface area contributed by atoms with Crippen LogP contribution in [-0.2, 0) is 11.2 Å². The van der Waals surface area contributed by atoms with Gasteiger partial charge in [-0.05, 0) is 49.6 Å². The van der Waals surface area contributed by atoms with Gasteiger partial charge in [0, 0.05) is 17.6 Å². The molecule has 114 valence electrons. The number of ether oxygens (including phenoxy) is 1. The first-order valence-corrected chi connectivity index (χ1v) is 8.04. The van der Waals surface area contributed by atoms with Gasteiger partial charge in [0.1, 0.15) is 5.82 Å². The molecule has 0 aliphatic heterocycles. The van der Waals surface area contributed by atoms with Crippen molar-refractivity contribution in [3.63, 3.8) is 0 Å². The van der Waals surface area contributed by atoms with Crippen molar-refractivity contribution in [2.24, 2.45) is 0 Å². The zero-order valence-electron chi connectivity index (χ0n) is 12.8. The highest BCUT2D eigenvalue weighted by Crippen LogP contribution is 2.27. The highest BCUT2D eigenvalue weighted by molar-refractivity contribution is 9.10. The standard InChI is InChI=1S/C16H25BrFNO/c1-5-16(6-2,20-4)15(19-7-3)10-12-8-13(17)11-14(18)9-12/h8-9,11,15,19H,5-7,10H2,1-4H3. The zero-order chi connectivity index (χ0) is 15.2. The van der Waals surface area contributed by atoms with Gasteiger partial charge in [0.25, 0.3) is 0 Å². The van der Waals surface area contributed by atoms with Gasteiger partial charge in [-0.3, -0.25) is 0 Å². The third kappa shape index (κ3) is 4.27. The first kappa shape index (κ1) is 17.6. The maximum absolute atomic E-state index is 13.5. The molecule has 4 heteroatoms. The number of halogens is 2. The minimum atomic E-state index is -0.213. The molecule has 1 aromatic carbocycles. The van der Waals surface area contributed by atoms with E-state index >= 15 is 0 Å². The van der Waals surface area contributed by atoms with Crippen LogP contribution in [0.1, 0.15) is 39.2 Å². The molecule has 2 nitrogen and oxygen atoms in total. The van der Waals surface area contributed by atoms with Crippen LogP contribution in [-0.4, -0.2) is 25.3 Å². The smallest absolute Gasteiger partial charge is 0.124 e. The van der Waals surface area contributed by atoms with Gasteiger partial charge in [0.15, 0.2) is 0 Å². The molecule has 0 aromatic heterocycles. The predicted octanol–water partition coefficient (Wildman–Crippen LogP) is 4.31. The number of likely N-dealkylation sites (N-methyl/N-ethyl adjacent to an activating group) is 1. The van der Waals surface area contributed by atoms with E-state index in [1.54, 1.807) is 13.2 Å². The van der Waals surface area contributed by atoms with Crippen LogP contribution in [0.3, 0.4) is 0 Å². The second-order valence-electron chi connectivity index (χ2n) is 5.07. The Balaban J connectivity index is 3.01. The van der Waals surface area contributed by atoms with Crippen molar-refractivity contribution in [3.05, 3.63) is 34.1 Å². The molecule has 0 spiro atoms. The molecule has 0 saturated heterocycles. The van der Waals surface area contributed by atoms with Crippen molar-refractivity contribution in [1.29, 1.82) is 0 Å². The van der Waals surface area contributed by atoms with E-state index in [1.807, 2.05) is 6.07 Å². The van der Waals surface area contributed by atoms with Gasteiger partial charge in [-0.1, -0.05) is 36.7 Å². The summed E-state index contributed by atoms with van der Waals surface area (Å²) in [4.78, 5) is 0. The molecule has 0 aliphatic rings. The summed E-state index contributed by atoms with van der Waals surface area (Å²) in [5, 5.41) is 3.50. The maximum Gasteiger partial charge on any atom is 0.124 e. The summed E-state index contributed by atoms with van der Waals surface area (Å²) in [5.74, 6) is -0.208. The molecule has 1 aromatic rings. The van der Waals surface area contributed by atoms with Crippen LogP contribution in [0.4, 0.5) is 4.39 Å². The van der Waals surface area contributed by atoms with Crippen molar-refractivity contribution < 1.29 is 9.13 Å². The summed E-state index contributed by atoms with van der Waals surface area (Å²) in [6.07, 6.45) is 2.60. The van der Waals surface area contributed by atoms with Crippen LogP contribution in [0.25, 0.3) is 0 Å². The van der Waals surface area contributed by atoms with Crippen LogP contribution in [0.15, 0.2) is 22.7 Å². The van der Waals surface area contributed by atoms with Gasteiger partial charge in [-0.2, -0.15) is 0 Å². The van der Waals surface area contributed by atoms with Gasteiger partial charge in [-0.15, -0.1) is 0 Å². The van der Waals surface area contributed by atoms with E-state index in [1.165, 1.54) is 6.07 Å². The van der Waals surface area contributed by atoms with Gasteiger partial charge < -0.3 is 10.1 Å². The molecule has 1 unspecified atom stereocenters. The van der Waals surface area contributed by atoms with Crippen LogP contribution < -0.4 is 5.32 Å². The summed E-state index contributed by atoms with van der Waals surface area (Å²) >= 11 is 3.35. The van der Waals surface area contributed by atoms with Crippen molar-refractivity contribution >= 4 is 15.9 Å². The molecule has 1 N–H and O–H groups in total. The normalized spacial score (nSPS) is 13.5. The minimum Gasteiger partial charge on any atom is -0.377 e. The lowest BCUT2D eigenvalue weighted by atomic mass is 9.84. The Bertz CT molecular complexity index is 392. The number of methoxy groups -OCH3 is 1. The zero-order valence-corrected chi connectivity index (χ0v) is 14.4. The maximum atomic E-state index is 13.5. The van der Waals surface area contributed by atoms with Crippen molar-refractivity contribution in [1.82, 2.24) is 5.32 Å². The Kier molecular flexibility index (Phi) is 7.13. The Morgan fingerprint density at radius 1 is 1.25 bits per heavy atom. The average Bonchev–Trinajstić information content (AvgIpc) is 2.40. The number of rotatable bonds is 8. The van der Waals surface area contributed by atoms with Crippen molar-refractivity contribution in [2.75, 3.05) is 13.7 Å². The molecule has 0 bridgehead atoms. The Hall–Kier alpha value is -0.450. The van der Waals surface area contributed by atoms with Crippen molar-refractivity contribution in [3.8, 4) is 0 Å². The monoisotopic (exact) mass is 345 g/mol. The number of nitrogens with one attached hydrogen (secondary N) is 1. The van der Waals surface area contributed by atoms with Gasteiger partial charge >= 0.3 is 0 Å². The summed E-state index contributed by atoms with van der Waals surface area (Å²) in [6.45, 7) is 7.23. The fraction of sp³-hybridized carbons (Fsp3) is 0.625. The molecule has 0 fully saturated rings. The van der Waals surface area contributed by atoms with E-state index in [-0.39, 0.29) is 17.5 Å². The second kappa shape index (κ2) is 8.11. The molecular weight excluding hydrogens is 321 g/mol. The first-order valence-electron chi connectivity index (χ1n) is 7.24. The summed E-state index contributed by atoms with van der Waals surface area (Å²) < 4.78 is 20.1. The lowest BCUT2D eigenvalue weighted by Gasteiger charge is -2.39. The first-order chi connectivity index (χ1) is 9.51. The van der Waals surface area contributed by atoms with Crippen LogP contribution in [0.5, 0.6) is 0 Å². The molecule has 0 aliphatic carbocycles. The molecule has 1 rings (SSSR count). The molecule has 0 heterocycles. The van der Waals surface area contributed by atoms with Crippen LogP contribution >= 0.6 is 15.9 Å². The fourth-order valence-corrected chi connectivity index (χ4v) is 3.34. The molecule has 0 radical (unpaired) electrons. The van der Waals surface area contributed by atoms with Crippen LogP contribution in [0, 0.1) is 5.82 Å². The van der Waals surface area contributed by atoms with E-state index in [2.05, 4.69) is 42.0 Å². The van der Waals surface area contributed by atoms with E-state index in [4.69, 9.17) is 4.74 Å². The van der Waals surface area contributed by atoms with E-state index in [9.17, 15) is 4.39 Å². The predicted molar refractivity (Wildman–Crippen MR) is 85.6 cm³/mol. The molecular formula is C16H25BrFNO. The molecule has 20 heavy (non-hydrogen) atoms. The molecule has 0 saturated carbocycles. The quantitative estimate of drug-likeness (QED) is 0.757. The SMILES string of the molecule is CCNC(Cc1cc(F)cc(Br)c1)C(CC)(CC)OC. The number of hydrogen-bond donors (Lipinski definition) is 1. The van der Waals surface area contributed by atoms with Crippen LogP contribution in [0.2, 0.25) is 0 Å². The number of benzene rings is 1. The van der Waals surface area contributed by atoms with Gasteiger partial charge in [-0.25, -0.2) is 4.39 Å². The molecule has 1 atom stereocenters. The second-order valence-corrected chi connectivity index (χ2v) is 5.98. The summed E-state index contributed by atoms with van der Waals surface area (Å²) in [7, 11) is 1.76. The fourth-order valence-electron chi connectivity index (χ4n) is 2.83. The Morgan fingerprint density at radius 2 is 1.90 bits per heavy atom. The van der Waals surface area contributed by atoms with E-state index < -0.39 is 0 Å². The van der Waals surface area contributed by atoms with E-state index in [0.29, 0.717) is 0 Å². The summed E-state index contributed by atoms with van der Waals surface area (Å²) in [5.41, 5.74) is 0.764. The van der Waals surface area contributed by atoms with Crippen molar-refractivity contribution in [2.45, 2.75) is 51.7 Å². The number of hydrogen-bond acceptors (Lipinski definition) is 2. The highest BCUT2D eigenvalue weighted by Gasteiger charge is 2.35. The third-order valence-electron chi connectivity index (χ3n) is 4.05. The topological polar surface area (TPSA) is 21.3 Å². The average molecular weight is 346 g/mol. The lowest BCUT2D eigenvalue weighted by molar-refractivity contribution is -0.0468. The van der Waals surface area contributed by atoms with Gasteiger partial charge in [0.05, 0.1) is 5.60 Å². The Labute approximate surface area is 130 Å².